The van der Waals surface area contributed by atoms with Gasteiger partial charge in [-0.25, -0.2) is 4.79 Å². The maximum Gasteiger partial charge on any atom is 0.329 e. The van der Waals surface area contributed by atoms with Crippen molar-refractivity contribution in [3.05, 3.63) is 90.7 Å². The molecule has 2 aromatic carbocycles. The number of methoxy groups -OCH3 is 2. The van der Waals surface area contributed by atoms with Crippen LogP contribution in [0.2, 0.25) is 0 Å². The molecule has 0 amide bonds. The number of aryl methyl sites for hydroxylation is 2. The van der Waals surface area contributed by atoms with Gasteiger partial charge in [-0.1, -0.05) is 24.1 Å². The second-order valence-electron chi connectivity index (χ2n) is 7.45. The lowest BCUT2D eigenvalue weighted by Gasteiger charge is -2.16. The Morgan fingerprint density at radius 3 is 2.03 bits per heavy atom. The molecule has 1 N–H and O–H groups in total. The van der Waals surface area contributed by atoms with Gasteiger partial charge in [-0.3, -0.25) is 19.1 Å². The van der Waals surface area contributed by atoms with E-state index in [2.05, 4.69) is 4.98 Å². The molecule has 7 nitrogen and oxygen atoms in total. The molecule has 3 rings (SSSR count). The number of nitrogens with one attached hydrogen (secondary N) is 1. The zero-order valence-corrected chi connectivity index (χ0v) is 18.4. The van der Waals surface area contributed by atoms with Gasteiger partial charge in [0.05, 0.1) is 20.8 Å². The van der Waals surface area contributed by atoms with Gasteiger partial charge in [0.25, 0.3) is 5.56 Å². The Kier molecular flexibility index (Phi) is 6.44. The highest BCUT2D eigenvalue weighted by Crippen LogP contribution is 2.24. The van der Waals surface area contributed by atoms with E-state index in [9.17, 15) is 14.4 Å². The molecule has 31 heavy (non-hydrogen) atoms. The first-order valence-electron chi connectivity index (χ1n) is 9.98. The molecule has 0 aliphatic rings. The predicted molar refractivity (Wildman–Crippen MR) is 119 cm³/mol. The Morgan fingerprint density at radius 1 is 0.935 bits per heavy atom. The summed E-state index contributed by atoms with van der Waals surface area (Å²) in [5.74, 6) is 0.760. The average Bonchev–Trinajstić information content (AvgIpc) is 2.73. The van der Waals surface area contributed by atoms with Crippen molar-refractivity contribution in [3.63, 3.8) is 0 Å². The maximum atomic E-state index is 13.5. The highest BCUT2D eigenvalue weighted by molar-refractivity contribution is 6.09. The fraction of sp³-hybridized carbons (Fsp3) is 0.292. The fourth-order valence-electron chi connectivity index (χ4n) is 3.73. The number of hydrogen-bond acceptors (Lipinski definition) is 5. The Bertz CT molecular complexity index is 1210. The van der Waals surface area contributed by atoms with E-state index < -0.39 is 11.2 Å². The van der Waals surface area contributed by atoms with Crippen LogP contribution in [-0.2, 0) is 13.0 Å². The number of hydrogen-bond donors (Lipinski definition) is 1. The molecule has 0 bridgehead atoms. The third-order valence-electron chi connectivity index (χ3n) is 5.10. The van der Waals surface area contributed by atoms with Crippen LogP contribution in [0.25, 0.3) is 0 Å². The van der Waals surface area contributed by atoms with E-state index in [1.807, 2.05) is 19.9 Å². The van der Waals surface area contributed by atoms with E-state index in [4.69, 9.17) is 9.47 Å². The molecule has 0 unspecified atom stereocenters. The molecular formula is C24H26N2O5. The number of carbonyl (C=O) groups is 1. The van der Waals surface area contributed by atoms with Crippen LogP contribution in [-0.4, -0.2) is 29.6 Å². The lowest BCUT2D eigenvalue weighted by atomic mass is 9.99. The molecule has 1 aromatic heterocycles. The zero-order chi connectivity index (χ0) is 22.7. The van der Waals surface area contributed by atoms with Crippen LogP contribution in [0.1, 0.15) is 45.2 Å². The minimum atomic E-state index is -0.642. The molecule has 0 saturated heterocycles. The van der Waals surface area contributed by atoms with Crippen LogP contribution < -0.4 is 20.7 Å². The van der Waals surface area contributed by atoms with Gasteiger partial charge in [-0.2, -0.15) is 0 Å². The molecular weight excluding hydrogens is 396 g/mol. The van der Waals surface area contributed by atoms with Gasteiger partial charge in [-0.15, -0.1) is 0 Å². The number of H-pyrrole nitrogens is 1. The van der Waals surface area contributed by atoms with E-state index >= 15 is 0 Å². The van der Waals surface area contributed by atoms with Crippen molar-refractivity contribution in [2.75, 3.05) is 14.2 Å². The minimum Gasteiger partial charge on any atom is -0.497 e. The van der Waals surface area contributed by atoms with Gasteiger partial charge >= 0.3 is 5.69 Å². The summed E-state index contributed by atoms with van der Waals surface area (Å²) in [6.45, 7) is 5.66. The summed E-state index contributed by atoms with van der Waals surface area (Å²) in [4.78, 5) is 41.2. The van der Waals surface area contributed by atoms with Crippen LogP contribution in [0.15, 0.2) is 46.0 Å². The van der Waals surface area contributed by atoms with Gasteiger partial charge in [0.2, 0.25) is 5.78 Å². The van der Waals surface area contributed by atoms with Crippen molar-refractivity contribution in [1.29, 1.82) is 0 Å². The number of ether oxygens (including phenoxy) is 2. The van der Waals surface area contributed by atoms with Gasteiger partial charge in [0, 0.05) is 17.2 Å². The summed E-state index contributed by atoms with van der Waals surface area (Å²) in [7, 11) is 3.07. The summed E-state index contributed by atoms with van der Waals surface area (Å²) in [6, 6.07) is 10.7. The normalized spacial score (nSPS) is 10.7. The molecule has 7 heteroatoms. The van der Waals surface area contributed by atoms with Crippen LogP contribution in [0.5, 0.6) is 11.5 Å². The molecule has 0 atom stereocenters. The van der Waals surface area contributed by atoms with Crippen molar-refractivity contribution in [2.24, 2.45) is 0 Å². The lowest BCUT2D eigenvalue weighted by Crippen LogP contribution is -2.37. The first-order chi connectivity index (χ1) is 14.8. The third kappa shape index (κ3) is 4.60. The van der Waals surface area contributed by atoms with Crippen LogP contribution in [0.3, 0.4) is 0 Å². The first-order valence-corrected chi connectivity index (χ1v) is 9.98. The van der Waals surface area contributed by atoms with Gasteiger partial charge in [0.1, 0.15) is 17.2 Å². The summed E-state index contributed by atoms with van der Waals surface area (Å²) < 4.78 is 11.9. The van der Waals surface area contributed by atoms with E-state index in [0.29, 0.717) is 29.0 Å². The molecule has 0 fully saturated rings. The van der Waals surface area contributed by atoms with Crippen LogP contribution in [0.4, 0.5) is 0 Å². The molecule has 1 heterocycles. The number of aromatic amines is 1. The lowest BCUT2D eigenvalue weighted by molar-refractivity contribution is 0.102. The predicted octanol–water partition coefficient (Wildman–Crippen LogP) is 3.01. The summed E-state index contributed by atoms with van der Waals surface area (Å²) in [6.07, 6.45) is 0.308. The third-order valence-corrected chi connectivity index (χ3v) is 5.10. The van der Waals surface area contributed by atoms with E-state index in [1.54, 1.807) is 37.3 Å². The summed E-state index contributed by atoms with van der Waals surface area (Å²) in [5, 5.41) is 0. The molecule has 3 aromatic rings. The summed E-state index contributed by atoms with van der Waals surface area (Å²) >= 11 is 0. The molecule has 162 valence electrons. The fourth-order valence-corrected chi connectivity index (χ4v) is 3.73. The van der Waals surface area contributed by atoms with Gasteiger partial charge < -0.3 is 9.47 Å². The van der Waals surface area contributed by atoms with Gasteiger partial charge in [0.15, 0.2) is 0 Å². The maximum absolute atomic E-state index is 13.5. The summed E-state index contributed by atoms with van der Waals surface area (Å²) in [5.41, 5.74) is 2.18. The SMILES string of the molecule is CCc1c(C(=O)c2cc(C)cc(C)c2)n(Cc2cc(OC)cc(OC)c2)c(=O)[nH]c1=O. The van der Waals surface area contributed by atoms with Crippen molar-refractivity contribution in [1.82, 2.24) is 9.55 Å². The number of aromatic nitrogens is 2. The van der Waals surface area contributed by atoms with E-state index in [0.717, 1.165) is 11.1 Å². The molecule has 0 saturated carbocycles. The number of ketones is 1. The number of carbonyl (C=O) groups excluding carboxylic acids is 1. The van der Waals surface area contributed by atoms with Crippen LogP contribution >= 0.6 is 0 Å². The highest BCUT2D eigenvalue weighted by Gasteiger charge is 2.22. The van der Waals surface area contributed by atoms with Crippen molar-refractivity contribution < 1.29 is 14.3 Å². The molecule has 0 radical (unpaired) electrons. The minimum absolute atomic E-state index is 0.0715. The van der Waals surface area contributed by atoms with Crippen molar-refractivity contribution in [2.45, 2.75) is 33.7 Å². The highest BCUT2D eigenvalue weighted by atomic mass is 16.5. The molecule has 0 spiro atoms. The van der Waals surface area contributed by atoms with Crippen LogP contribution in [0, 0.1) is 13.8 Å². The number of rotatable bonds is 7. The first kappa shape index (κ1) is 22.1. The standard InChI is InChI=1S/C24H26N2O5/c1-6-20-21(22(27)17-8-14(2)7-15(3)9-17)26(24(29)25-23(20)28)13-16-10-18(30-4)12-19(11-16)31-5/h7-12H,6,13H2,1-5H3,(H,25,28,29). The van der Waals surface area contributed by atoms with Crippen molar-refractivity contribution in [3.8, 4) is 11.5 Å². The Balaban J connectivity index is 2.23. The van der Waals surface area contributed by atoms with E-state index in [-0.39, 0.29) is 23.6 Å². The molecule has 0 aliphatic carbocycles. The Hall–Kier alpha value is -3.61. The van der Waals surface area contributed by atoms with Crippen molar-refractivity contribution >= 4 is 5.78 Å². The second kappa shape index (κ2) is 9.04. The Labute approximate surface area is 180 Å². The second-order valence-corrected chi connectivity index (χ2v) is 7.45. The largest absolute Gasteiger partial charge is 0.497 e. The average molecular weight is 422 g/mol. The quantitative estimate of drug-likeness (QED) is 0.591. The number of benzene rings is 2. The topological polar surface area (TPSA) is 90.4 Å². The smallest absolute Gasteiger partial charge is 0.329 e. The van der Waals surface area contributed by atoms with Gasteiger partial charge in [-0.05, 0) is 50.1 Å². The Morgan fingerprint density at radius 2 is 1.52 bits per heavy atom. The van der Waals surface area contributed by atoms with E-state index in [1.165, 1.54) is 18.8 Å². The number of nitrogens with zero attached hydrogens (tertiary/aromatic N) is 1. The molecule has 0 aliphatic heterocycles. The zero-order valence-electron chi connectivity index (χ0n) is 18.4. The monoisotopic (exact) mass is 422 g/mol.